The summed E-state index contributed by atoms with van der Waals surface area (Å²) in [7, 11) is 0. The summed E-state index contributed by atoms with van der Waals surface area (Å²) in [6, 6.07) is 9.07. The zero-order valence-electron chi connectivity index (χ0n) is 13.0. The normalized spacial score (nSPS) is 22.7. The van der Waals surface area contributed by atoms with Crippen molar-refractivity contribution in [3.05, 3.63) is 29.8 Å². The first-order chi connectivity index (χ1) is 9.83. The van der Waals surface area contributed by atoms with Crippen LogP contribution in [0.1, 0.15) is 57.9 Å². The number of nitrogens with one attached hydrogen (secondary N) is 1. The highest BCUT2D eigenvalue weighted by atomic mass is 16.5. The molecule has 1 N–H and O–H groups in total. The van der Waals surface area contributed by atoms with Gasteiger partial charge >= 0.3 is 0 Å². The van der Waals surface area contributed by atoms with Gasteiger partial charge in [0.25, 0.3) is 0 Å². The molecule has 0 atom stereocenters. The third kappa shape index (κ3) is 4.52. The molecular formula is C18H29NO. The molecule has 20 heavy (non-hydrogen) atoms. The van der Waals surface area contributed by atoms with Gasteiger partial charge in [0.1, 0.15) is 5.75 Å². The number of ether oxygens (including phenoxy) is 1. The predicted molar refractivity (Wildman–Crippen MR) is 85.1 cm³/mol. The maximum atomic E-state index is 5.69. The Morgan fingerprint density at radius 2 is 1.85 bits per heavy atom. The second-order valence-corrected chi connectivity index (χ2v) is 5.93. The molecular weight excluding hydrogens is 246 g/mol. The fourth-order valence-corrected chi connectivity index (χ4v) is 3.26. The van der Waals surface area contributed by atoms with Gasteiger partial charge in [-0.15, -0.1) is 0 Å². The lowest BCUT2D eigenvalue weighted by molar-refractivity contribution is 0.276. The molecule has 0 spiro atoms. The molecule has 112 valence electrons. The van der Waals surface area contributed by atoms with Gasteiger partial charge in [0, 0.05) is 18.2 Å². The SMILES string of the molecule is CCCC1CCC(NCc2ccccc2OCC)CC1. The highest BCUT2D eigenvalue weighted by Gasteiger charge is 2.20. The maximum Gasteiger partial charge on any atom is 0.123 e. The van der Waals surface area contributed by atoms with Gasteiger partial charge in [-0.25, -0.2) is 0 Å². The van der Waals surface area contributed by atoms with Crippen LogP contribution in [0, 0.1) is 5.92 Å². The second kappa shape index (κ2) is 8.31. The molecule has 0 aromatic heterocycles. The van der Waals surface area contributed by atoms with Crippen molar-refractivity contribution in [1.29, 1.82) is 0 Å². The van der Waals surface area contributed by atoms with Gasteiger partial charge in [-0.2, -0.15) is 0 Å². The van der Waals surface area contributed by atoms with E-state index in [1.807, 2.05) is 13.0 Å². The van der Waals surface area contributed by atoms with Crippen LogP contribution in [-0.2, 0) is 6.54 Å². The van der Waals surface area contributed by atoms with Gasteiger partial charge in [-0.3, -0.25) is 0 Å². The van der Waals surface area contributed by atoms with Crippen LogP contribution in [0.5, 0.6) is 5.75 Å². The first-order valence-electron chi connectivity index (χ1n) is 8.27. The minimum absolute atomic E-state index is 0.692. The zero-order valence-corrected chi connectivity index (χ0v) is 13.0. The standard InChI is InChI=1S/C18H29NO/c1-3-7-15-10-12-17(13-11-15)19-14-16-8-5-6-9-18(16)20-4-2/h5-6,8-9,15,17,19H,3-4,7,10-14H2,1-2H3. The van der Waals surface area contributed by atoms with Crippen molar-refractivity contribution in [3.63, 3.8) is 0 Å². The third-order valence-electron chi connectivity index (χ3n) is 4.40. The van der Waals surface area contributed by atoms with Crippen LogP contribution in [0.3, 0.4) is 0 Å². The molecule has 2 heteroatoms. The van der Waals surface area contributed by atoms with Gasteiger partial charge in [0.05, 0.1) is 6.61 Å². The molecule has 1 aliphatic carbocycles. The van der Waals surface area contributed by atoms with Crippen LogP contribution >= 0.6 is 0 Å². The van der Waals surface area contributed by atoms with E-state index in [0.717, 1.165) is 24.8 Å². The summed E-state index contributed by atoms with van der Waals surface area (Å²) < 4.78 is 5.69. The largest absolute Gasteiger partial charge is 0.494 e. The Kier molecular flexibility index (Phi) is 6.38. The summed E-state index contributed by atoms with van der Waals surface area (Å²) in [6.07, 6.45) is 8.23. The smallest absolute Gasteiger partial charge is 0.123 e. The molecule has 1 aliphatic rings. The van der Waals surface area contributed by atoms with E-state index in [-0.39, 0.29) is 0 Å². The minimum atomic E-state index is 0.692. The third-order valence-corrected chi connectivity index (χ3v) is 4.40. The van der Waals surface area contributed by atoms with Crippen LogP contribution in [0.4, 0.5) is 0 Å². The molecule has 0 aliphatic heterocycles. The average Bonchev–Trinajstić information content (AvgIpc) is 2.48. The Balaban J connectivity index is 1.78. The van der Waals surface area contributed by atoms with Crippen molar-refractivity contribution < 1.29 is 4.74 Å². The molecule has 1 aromatic rings. The lowest BCUT2D eigenvalue weighted by Crippen LogP contribution is -2.32. The minimum Gasteiger partial charge on any atom is -0.494 e. The molecule has 0 saturated heterocycles. The highest BCUT2D eigenvalue weighted by molar-refractivity contribution is 5.33. The summed E-state index contributed by atoms with van der Waals surface area (Å²) in [5.41, 5.74) is 1.28. The van der Waals surface area contributed by atoms with E-state index in [0.29, 0.717) is 6.04 Å². The zero-order chi connectivity index (χ0) is 14.2. The van der Waals surface area contributed by atoms with Crippen LogP contribution < -0.4 is 10.1 Å². The summed E-state index contributed by atoms with van der Waals surface area (Å²) in [4.78, 5) is 0. The van der Waals surface area contributed by atoms with E-state index in [1.165, 1.54) is 44.1 Å². The van der Waals surface area contributed by atoms with Gasteiger partial charge in [-0.1, -0.05) is 38.0 Å². The second-order valence-electron chi connectivity index (χ2n) is 5.93. The van der Waals surface area contributed by atoms with Crippen LogP contribution in [0.15, 0.2) is 24.3 Å². The van der Waals surface area contributed by atoms with Crippen molar-refractivity contribution in [1.82, 2.24) is 5.32 Å². The molecule has 1 saturated carbocycles. The number of rotatable bonds is 7. The fraction of sp³-hybridized carbons (Fsp3) is 0.667. The van der Waals surface area contributed by atoms with Crippen LogP contribution in [-0.4, -0.2) is 12.6 Å². The Labute approximate surface area is 123 Å². The summed E-state index contributed by atoms with van der Waals surface area (Å²) in [5.74, 6) is 2.01. The van der Waals surface area contributed by atoms with E-state index < -0.39 is 0 Å². The van der Waals surface area contributed by atoms with Gasteiger partial charge in [0.15, 0.2) is 0 Å². The van der Waals surface area contributed by atoms with E-state index in [1.54, 1.807) is 0 Å². The number of hydrogen-bond acceptors (Lipinski definition) is 2. The monoisotopic (exact) mass is 275 g/mol. The number of para-hydroxylation sites is 1. The molecule has 0 bridgehead atoms. The molecule has 0 amide bonds. The fourth-order valence-electron chi connectivity index (χ4n) is 3.26. The summed E-state index contributed by atoms with van der Waals surface area (Å²) in [6.45, 7) is 6.01. The molecule has 1 fully saturated rings. The molecule has 2 rings (SSSR count). The van der Waals surface area contributed by atoms with E-state index in [2.05, 4.69) is 30.4 Å². The Bertz CT molecular complexity index is 383. The van der Waals surface area contributed by atoms with Crippen molar-refractivity contribution in [2.45, 2.75) is 65.0 Å². The quantitative estimate of drug-likeness (QED) is 0.789. The average molecular weight is 275 g/mol. The van der Waals surface area contributed by atoms with E-state index in [9.17, 15) is 0 Å². The predicted octanol–water partition coefficient (Wildman–Crippen LogP) is 4.53. The van der Waals surface area contributed by atoms with Crippen molar-refractivity contribution in [3.8, 4) is 5.75 Å². The van der Waals surface area contributed by atoms with Crippen LogP contribution in [0.2, 0.25) is 0 Å². The molecule has 1 aromatic carbocycles. The molecule has 0 radical (unpaired) electrons. The maximum absolute atomic E-state index is 5.69. The number of hydrogen-bond donors (Lipinski definition) is 1. The first-order valence-corrected chi connectivity index (χ1v) is 8.27. The van der Waals surface area contributed by atoms with Crippen LogP contribution in [0.25, 0.3) is 0 Å². The first kappa shape index (κ1) is 15.4. The summed E-state index contributed by atoms with van der Waals surface area (Å²) >= 11 is 0. The highest BCUT2D eigenvalue weighted by Crippen LogP contribution is 2.28. The van der Waals surface area contributed by atoms with Crippen molar-refractivity contribution in [2.24, 2.45) is 5.92 Å². The summed E-state index contributed by atoms with van der Waals surface area (Å²) in [5, 5.41) is 3.72. The van der Waals surface area contributed by atoms with Crippen molar-refractivity contribution in [2.75, 3.05) is 6.61 Å². The molecule has 0 heterocycles. The van der Waals surface area contributed by atoms with E-state index in [4.69, 9.17) is 4.74 Å². The Hall–Kier alpha value is -1.02. The van der Waals surface area contributed by atoms with Crippen molar-refractivity contribution >= 4 is 0 Å². The Morgan fingerprint density at radius 1 is 1.10 bits per heavy atom. The molecule has 0 unspecified atom stereocenters. The number of benzene rings is 1. The molecule has 2 nitrogen and oxygen atoms in total. The lowest BCUT2D eigenvalue weighted by Gasteiger charge is -2.29. The topological polar surface area (TPSA) is 21.3 Å². The van der Waals surface area contributed by atoms with Gasteiger partial charge < -0.3 is 10.1 Å². The van der Waals surface area contributed by atoms with Gasteiger partial charge in [0.2, 0.25) is 0 Å². The van der Waals surface area contributed by atoms with Gasteiger partial charge in [-0.05, 0) is 44.6 Å². The van der Waals surface area contributed by atoms with E-state index >= 15 is 0 Å². The Morgan fingerprint density at radius 3 is 2.55 bits per heavy atom. The lowest BCUT2D eigenvalue weighted by atomic mass is 9.83.